The predicted molar refractivity (Wildman–Crippen MR) is 81.6 cm³/mol. The number of hydrogen-bond donors (Lipinski definition) is 1. The van der Waals surface area contributed by atoms with Crippen molar-refractivity contribution in [3.63, 3.8) is 0 Å². The van der Waals surface area contributed by atoms with Crippen LogP contribution in [0.5, 0.6) is 0 Å². The molecule has 0 atom stereocenters. The molecule has 1 aromatic carbocycles. The standard InChI is InChI=1S/C17H19NO4/c1-3-14-12(2)9-15(22-14)17(21)18(11-16(19)20)10-13-7-5-4-6-8-13/h4-9H,3,10-11H2,1-2H3,(H,19,20). The first-order valence-corrected chi connectivity index (χ1v) is 7.15. The fourth-order valence-electron chi connectivity index (χ4n) is 2.30. The van der Waals surface area contributed by atoms with E-state index in [-0.39, 0.29) is 18.8 Å². The van der Waals surface area contributed by atoms with Crippen LogP contribution in [-0.2, 0) is 17.8 Å². The third kappa shape index (κ3) is 3.75. The van der Waals surface area contributed by atoms with Crippen molar-refractivity contribution in [3.8, 4) is 0 Å². The molecule has 5 nitrogen and oxygen atoms in total. The first-order chi connectivity index (χ1) is 10.5. The fraction of sp³-hybridized carbons (Fsp3) is 0.294. The Balaban J connectivity index is 2.23. The lowest BCUT2D eigenvalue weighted by atomic mass is 10.2. The number of furan rings is 1. The van der Waals surface area contributed by atoms with Crippen LogP contribution in [0.4, 0.5) is 0 Å². The molecule has 0 spiro atoms. The van der Waals surface area contributed by atoms with E-state index >= 15 is 0 Å². The highest BCUT2D eigenvalue weighted by Crippen LogP contribution is 2.18. The maximum absolute atomic E-state index is 12.5. The minimum absolute atomic E-state index is 0.187. The van der Waals surface area contributed by atoms with Crippen LogP contribution < -0.4 is 0 Å². The molecule has 0 saturated heterocycles. The molecule has 116 valence electrons. The second kappa shape index (κ2) is 6.93. The molecule has 0 unspecified atom stereocenters. The zero-order valence-corrected chi connectivity index (χ0v) is 12.7. The second-order valence-electron chi connectivity index (χ2n) is 5.11. The first-order valence-electron chi connectivity index (χ1n) is 7.15. The summed E-state index contributed by atoms with van der Waals surface area (Å²) in [6, 6.07) is 11.0. The Labute approximate surface area is 129 Å². The molecule has 0 bridgehead atoms. The van der Waals surface area contributed by atoms with Gasteiger partial charge in [0.05, 0.1) is 0 Å². The number of aryl methyl sites for hydroxylation is 2. The van der Waals surface area contributed by atoms with Crippen molar-refractivity contribution >= 4 is 11.9 Å². The number of carbonyl (C=O) groups is 2. The van der Waals surface area contributed by atoms with E-state index in [0.29, 0.717) is 6.42 Å². The SMILES string of the molecule is CCc1oc(C(=O)N(CC(=O)O)Cc2ccccc2)cc1C. The molecular weight excluding hydrogens is 282 g/mol. The molecule has 1 amide bonds. The number of hydrogen-bond acceptors (Lipinski definition) is 3. The topological polar surface area (TPSA) is 70.8 Å². The molecule has 2 rings (SSSR count). The lowest BCUT2D eigenvalue weighted by molar-refractivity contribution is -0.137. The van der Waals surface area contributed by atoms with E-state index in [0.717, 1.165) is 16.9 Å². The summed E-state index contributed by atoms with van der Waals surface area (Å²) in [5, 5.41) is 9.04. The van der Waals surface area contributed by atoms with Gasteiger partial charge in [-0.2, -0.15) is 0 Å². The molecule has 2 aromatic rings. The quantitative estimate of drug-likeness (QED) is 0.890. The van der Waals surface area contributed by atoms with Gasteiger partial charge in [0.25, 0.3) is 5.91 Å². The Morgan fingerprint density at radius 1 is 1.23 bits per heavy atom. The van der Waals surface area contributed by atoms with Crippen molar-refractivity contribution in [2.45, 2.75) is 26.8 Å². The number of rotatable bonds is 6. The van der Waals surface area contributed by atoms with Crippen LogP contribution in [0.15, 0.2) is 40.8 Å². The predicted octanol–water partition coefficient (Wildman–Crippen LogP) is 2.88. The summed E-state index contributed by atoms with van der Waals surface area (Å²) < 4.78 is 5.54. The normalized spacial score (nSPS) is 10.5. The van der Waals surface area contributed by atoms with Gasteiger partial charge in [0.2, 0.25) is 0 Å². The van der Waals surface area contributed by atoms with Crippen LogP contribution in [0.3, 0.4) is 0 Å². The maximum Gasteiger partial charge on any atom is 0.323 e. The highest BCUT2D eigenvalue weighted by atomic mass is 16.4. The number of benzene rings is 1. The zero-order chi connectivity index (χ0) is 16.1. The highest BCUT2D eigenvalue weighted by molar-refractivity contribution is 5.93. The summed E-state index contributed by atoms with van der Waals surface area (Å²) in [5.41, 5.74) is 1.77. The van der Waals surface area contributed by atoms with Crippen molar-refractivity contribution in [3.05, 3.63) is 59.0 Å². The molecule has 0 saturated carbocycles. The molecular formula is C17H19NO4. The Kier molecular flexibility index (Phi) is 4.99. The number of carboxylic acid groups (broad SMARTS) is 1. The van der Waals surface area contributed by atoms with E-state index in [1.807, 2.05) is 44.2 Å². The van der Waals surface area contributed by atoms with E-state index in [4.69, 9.17) is 9.52 Å². The summed E-state index contributed by atoms with van der Waals surface area (Å²) in [4.78, 5) is 24.8. The van der Waals surface area contributed by atoms with Crippen molar-refractivity contribution < 1.29 is 19.1 Å². The highest BCUT2D eigenvalue weighted by Gasteiger charge is 2.22. The van der Waals surface area contributed by atoms with Gasteiger partial charge in [0.15, 0.2) is 5.76 Å². The number of carboxylic acids is 1. The molecule has 0 aliphatic heterocycles. The molecule has 0 radical (unpaired) electrons. The third-order valence-electron chi connectivity index (χ3n) is 3.38. The number of nitrogens with zero attached hydrogens (tertiary/aromatic N) is 1. The smallest absolute Gasteiger partial charge is 0.323 e. The zero-order valence-electron chi connectivity index (χ0n) is 12.7. The molecule has 0 aliphatic rings. The van der Waals surface area contributed by atoms with E-state index in [1.54, 1.807) is 6.07 Å². The van der Waals surface area contributed by atoms with Crippen LogP contribution in [0, 0.1) is 6.92 Å². The second-order valence-corrected chi connectivity index (χ2v) is 5.11. The summed E-state index contributed by atoms with van der Waals surface area (Å²) in [7, 11) is 0. The Hall–Kier alpha value is -2.56. The molecule has 1 heterocycles. The molecule has 0 fully saturated rings. The van der Waals surface area contributed by atoms with E-state index in [2.05, 4.69) is 0 Å². The summed E-state index contributed by atoms with van der Waals surface area (Å²) in [6.07, 6.45) is 0.691. The Morgan fingerprint density at radius 3 is 2.45 bits per heavy atom. The number of amides is 1. The maximum atomic E-state index is 12.5. The van der Waals surface area contributed by atoms with Gasteiger partial charge in [-0.15, -0.1) is 0 Å². The van der Waals surface area contributed by atoms with Gasteiger partial charge < -0.3 is 14.4 Å². The first kappa shape index (κ1) is 15.8. The summed E-state index contributed by atoms with van der Waals surface area (Å²) in [5.74, 6) is -0.526. The largest absolute Gasteiger partial charge is 0.480 e. The monoisotopic (exact) mass is 301 g/mol. The Bertz CT molecular complexity index is 661. The van der Waals surface area contributed by atoms with Crippen LogP contribution in [-0.4, -0.2) is 28.4 Å². The van der Waals surface area contributed by atoms with Crippen LogP contribution in [0.2, 0.25) is 0 Å². The van der Waals surface area contributed by atoms with Crippen LogP contribution >= 0.6 is 0 Å². The minimum Gasteiger partial charge on any atom is -0.480 e. The molecule has 1 N–H and O–H groups in total. The lowest BCUT2D eigenvalue weighted by Gasteiger charge is -2.19. The Morgan fingerprint density at radius 2 is 1.91 bits per heavy atom. The van der Waals surface area contributed by atoms with Crippen molar-refractivity contribution in [2.24, 2.45) is 0 Å². The van der Waals surface area contributed by atoms with E-state index in [9.17, 15) is 9.59 Å². The van der Waals surface area contributed by atoms with E-state index < -0.39 is 11.9 Å². The number of aliphatic carboxylic acids is 1. The van der Waals surface area contributed by atoms with Gasteiger partial charge in [-0.1, -0.05) is 37.3 Å². The van der Waals surface area contributed by atoms with Gasteiger partial charge in [-0.25, -0.2) is 0 Å². The molecule has 22 heavy (non-hydrogen) atoms. The van der Waals surface area contributed by atoms with Gasteiger partial charge in [0, 0.05) is 13.0 Å². The van der Waals surface area contributed by atoms with Crippen LogP contribution in [0.1, 0.15) is 34.4 Å². The molecule has 1 aromatic heterocycles. The summed E-state index contributed by atoms with van der Waals surface area (Å²) >= 11 is 0. The van der Waals surface area contributed by atoms with Crippen molar-refractivity contribution in [2.75, 3.05) is 6.54 Å². The fourth-order valence-corrected chi connectivity index (χ4v) is 2.30. The average molecular weight is 301 g/mol. The van der Waals surface area contributed by atoms with Crippen LogP contribution in [0.25, 0.3) is 0 Å². The van der Waals surface area contributed by atoms with Gasteiger partial charge >= 0.3 is 5.97 Å². The summed E-state index contributed by atoms with van der Waals surface area (Å²) in [6.45, 7) is 3.68. The van der Waals surface area contributed by atoms with Crippen molar-refractivity contribution in [1.82, 2.24) is 4.90 Å². The molecule has 5 heteroatoms. The van der Waals surface area contributed by atoms with Gasteiger partial charge in [-0.05, 0) is 24.1 Å². The third-order valence-corrected chi connectivity index (χ3v) is 3.38. The van der Waals surface area contributed by atoms with E-state index in [1.165, 1.54) is 4.90 Å². The van der Waals surface area contributed by atoms with Gasteiger partial charge in [-0.3, -0.25) is 9.59 Å². The lowest BCUT2D eigenvalue weighted by Crippen LogP contribution is -2.35. The molecule has 0 aliphatic carbocycles. The van der Waals surface area contributed by atoms with Crippen molar-refractivity contribution in [1.29, 1.82) is 0 Å². The minimum atomic E-state index is -1.05. The number of carbonyl (C=O) groups excluding carboxylic acids is 1. The van der Waals surface area contributed by atoms with Gasteiger partial charge in [0.1, 0.15) is 12.3 Å². The average Bonchev–Trinajstić information content (AvgIpc) is 2.87.